The molecule has 0 bridgehead atoms. The van der Waals surface area contributed by atoms with Crippen molar-refractivity contribution in [3.63, 3.8) is 0 Å². The molecular weight excluding hydrogens is 408 g/mol. The average molecular weight is 423 g/mol. The summed E-state index contributed by atoms with van der Waals surface area (Å²) in [6, 6.07) is 21.7. The number of carbonyl (C=O) groups is 2. The van der Waals surface area contributed by atoms with Gasteiger partial charge in [0.25, 0.3) is 5.91 Å². The molecule has 29 heavy (non-hydrogen) atoms. The molecule has 2 heterocycles. The number of anilines is 2. The van der Waals surface area contributed by atoms with Crippen LogP contribution in [0.15, 0.2) is 72.8 Å². The Labute approximate surface area is 176 Å². The predicted octanol–water partition coefficient (Wildman–Crippen LogP) is 5.02. The number of nitrogens with zero attached hydrogens (tertiary/aromatic N) is 1. The summed E-state index contributed by atoms with van der Waals surface area (Å²) in [6.07, 6.45) is 0. The van der Waals surface area contributed by atoms with Crippen molar-refractivity contribution in [2.45, 2.75) is 4.87 Å². The second-order valence-corrected chi connectivity index (χ2v) is 8.32. The van der Waals surface area contributed by atoms with Crippen molar-refractivity contribution in [3.05, 3.63) is 83.4 Å². The number of carbonyl (C=O) groups excluding carboxylic acids is 2. The van der Waals surface area contributed by atoms with Crippen LogP contribution in [-0.2, 0) is 14.5 Å². The molecule has 1 saturated heterocycles. The number of amides is 2. The first-order chi connectivity index (χ1) is 14.1. The predicted molar refractivity (Wildman–Crippen MR) is 115 cm³/mol. The number of rotatable bonds is 3. The fraction of sp³-hybridized carbons (Fsp3) is 0.0909. The Hall–Kier alpha value is -2.96. The molecule has 3 aromatic carbocycles. The standard InChI is InChI=1S/C22H15ClN2O3S/c23-14-5-9-16(10-6-14)28-17-11-7-15(8-12-17)25-20(26)13-29-22(25)18-3-1-2-4-19(18)24-21(22)27/h1-12H,13H2,(H,24,27). The molecule has 7 heteroatoms. The van der Waals surface area contributed by atoms with Crippen LogP contribution in [0.4, 0.5) is 11.4 Å². The third-order valence-corrected chi connectivity index (χ3v) is 6.61. The smallest absolute Gasteiger partial charge is 0.266 e. The molecule has 0 aliphatic carbocycles. The second-order valence-electron chi connectivity index (χ2n) is 6.71. The molecule has 0 radical (unpaired) electrons. The van der Waals surface area contributed by atoms with Gasteiger partial charge < -0.3 is 10.1 Å². The van der Waals surface area contributed by atoms with Crippen molar-refractivity contribution < 1.29 is 14.3 Å². The van der Waals surface area contributed by atoms with Gasteiger partial charge in [0.2, 0.25) is 10.8 Å². The number of halogens is 1. The van der Waals surface area contributed by atoms with E-state index in [-0.39, 0.29) is 17.6 Å². The minimum Gasteiger partial charge on any atom is -0.457 e. The molecule has 1 fully saturated rings. The second kappa shape index (κ2) is 6.83. The molecule has 3 aromatic rings. The van der Waals surface area contributed by atoms with Crippen LogP contribution in [0.1, 0.15) is 5.56 Å². The molecule has 5 nitrogen and oxygen atoms in total. The van der Waals surface area contributed by atoms with Gasteiger partial charge in [-0.2, -0.15) is 0 Å². The number of nitrogens with one attached hydrogen (secondary N) is 1. The molecular formula is C22H15ClN2O3S. The van der Waals surface area contributed by atoms with Gasteiger partial charge in [-0.25, -0.2) is 0 Å². The number of hydrogen-bond acceptors (Lipinski definition) is 4. The molecule has 0 saturated carbocycles. The van der Waals surface area contributed by atoms with Gasteiger partial charge in [0.1, 0.15) is 11.5 Å². The molecule has 0 aromatic heterocycles. The van der Waals surface area contributed by atoms with Crippen LogP contribution >= 0.6 is 23.4 Å². The highest BCUT2D eigenvalue weighted by Gasteiger charge is 2.58. The summed E-state index contributed by atoms with van der Waals surface area (Å²) in [6.45, 7) is 0. The summed E-state index contributed by atoms with van der Waals surface area (Å²) in [4.78, 5) is 26.3. The molecule has 5 rings (SSSR count). The summed E-state index contributed by atoms with van der Waals surface area (Å²) in [7, 11) is 0. The molecule has 1 atom stereocenters. The summed E-state index contributed by atoms with van der Waals surface area (Å²) in [5.74, 6) is 1.23. The van der Waals surface area contributed by atoms with Crippen molar-refractivity contribution in [1.29, 1.82) is 0 Å². The lowest BCUT2D eigenvalue weighted by Gasteiger charge is -2.32. The van der Waals surface area contributed by atoms with Gasteiger partial charge in [-0.3, -0.25) is 14.5 Å². The minimum atomic E-state index is -1.08. The number of ether oxygens (including phenoxy) is 1. The maximum Gasteiger partial charge on any atom is 0.266 e. The van der Waals surface area contributed by atoms with Gasteiger partial charge in [-0.05, 0) is 54.6 Å². The quantitative estimate of drug-likeness (QED) is 0.644. The lowest BCUT2D eigenvalue weighted by atomic mass is 10.0. The van der Waals surface area contributed by atoms with Crippen molar-refractivity contribution in [3.8, 4) is 11.5 Å². The Kier molecular flexibility index (Phi) is 4.26. The topological polar surface area (TPSA) is 58.6 Å². The molecule has 2 amide bonds. The monoisotopic (exact) mass is 422 g/mol. The number of hydrogen-bond donors (Lipinski definition) is 1. The Balaban J connectivity index is 1.49. The molecule has 1 unspecified atom stereocenters. The first kappa shape index (κ1) is 18.1. The first-order valence-corrected chi connectivity index (χ1v) is 10.4. The molecule has 1 N–H and O–H groups in total. The third kappa shape index (κ3) is 2.87. The van der Waals surface area contributed by atoms with Crippen LogP contribution < -0.4 is 15.0 Å². The number of para-hydroxylation sites is 1. The zero-order chi connectivity index (χ0) is 20.0. The van der Waals surface area contributed by atoms with Gasteiger partial charge in [0.15, 0.2) is 0 Å². The van der Waals surface area contributed by atoms with Crippen molar-refractivity contribution in [1.82, 2.24) is 0 Å². The van der Waals surface area contributed by atoms with E-state index in [9.17, 15) is 9.59 Å². The van der Waals surface area contributed by atoms with E-state index in [1.165, 1.54) is 11.8 Å². The van der Waals surface area contributed by atoms with E-state index in [0.717, 1.165) is 11.3 Å². The van der Waals surface area contributed by atoms with Gasteiger partial charge in [-0.15, -0.1) is 11.8 Å². The molecule has 1 spiro atoms. The van der Waals surface area contributed by atoms with E-state index in [1.807, 2.05) is 24.3 Å². The van der Waals surface area contributed by atoms with Gasteiger partial charge in [-0.1, -0.05) is 29.8 Å². The van der Waals surface area contributed by atoms with Crippen LogP contribution in [0.2, 0.25) is 5.02 Å². The van der Waals surface area contributed by atoms with Crippen LogP contribution in [0.25, 0.3) is 0 Å². The summed E-state index contributed by atoms with van der Waals surface area (Å²) in [5.41, 5.74) is 2.20. The fourth-order valence-corrected chi connectivity index (χ4v) is 5.12. The normalized spacial score (nSPS) is 20.1. The summed E-state index contributed by atoms with van der Waals surface area (Å²) in [5, 5.41) is 3.55. The summed E-state index contributed by atoms with van der Waals surface area (Å²) < 4.78 is 5.83. The maximum atomic E-state index is 13.0. The van der Waals surface area contributed by atoms with Gasteiger partial charge in [0.05, 0.1) is 5.75 Å². The lowest BCUT2D eigenvalue weighted by Crippen LogP contribution is -2.47. The van der Waals surface area contributed by atoms with E-state index >= 15 is 0 Å². The Bertz CT molecular complexity index is 1120. The summed E-state index contributed by atoms with van der Waals surface area (Å²) >= 11 is 7.24. The van der Waals surface area contributed by atoms with E-state index in [0.29, 0.717) is 22.2 Å². The Morgan fingerprint density at radius 2 is 1.59 bits per heavy atom. The highest BCUT2D eigenvalue weighted by Crippen LogP contribution is 2.53. The van der Waals surface area contributed by atoms with Crippen molar-refractivity contribution >= 4 is 46.6 Å². The average Bonchev–Trinajstić information content (AvgIpc) is 3.22. The minimum absolute atomic E-state index is 0.103. The van der Waals surface area contributed by atoms with Crippen molar-refractivity contribution in [2.24, 2.45) is 0 Å². The van der Waals surface area contributed by atoms with Crippen LogP contribution in [0.3, 0.4) is 0 Å². The fourth-order valence-electron chi connectivity index (χ4n) is 3.68. The van der Waals surface area contributed by atoms with Gasteiger partial charge in [0, 0.05) is 22.0 Å². The largest absolute Gasteiger partial charge is 0.457 e. The molecule has 2 aliphatic rings. The first-order valence-electron chi connectivity index (χ1n) is 8.99. The lowest BCUT2D eigenvalue weighted by molar-refractivity contribution is -0.122. The van der Waals surface area contributed by atoms with Gasteiger partial charge >= 0.3 is 0 Å². The Morgan fingerprint density at radius 3 is 2.31 bits per heavy atom. The highest BCUT2D eigenvalue weighted by atomic mass is 35.5. The number of thioether (sulfide) groups is 1. The van der Waals surface area contributed by atoms with E-state index in [2.05, 4.69) is 5.32 Å². The highest BCUT2D eigenvalue weighted by molar-refractivity contribution is 8.02. The van der Waals surface area contributed by atoms with Crippen LogP contribution in [0.5, 0.6) is 11.5 Å². The number of fused-ring (bicyclic) bond motifs is 2. The Morgan fingerprint density at radius 1 is 0.931 bits per heavy atom. The third-order valence-electron chi connectivity index (χ3n) is 4.96. The van der Waals surface area contributed by atoms with E-state index in [4.69, 9.17) is 16.3 Å². The van der Waals surface area contributed by atoms with E-state index < -0.39 is 4.87 Å². The van der Waals surface area contributed by atoms with Crippen LogP contribution in [0, 0.1) is 0 Å². The van der Waals surface area contributed by atoms with E-state index in [1.54, 1.807) is 53.4 Å². The maximum absolute atomic E-state index is 13.0. The SMILES string of the molecule is O=C1CSC2(C(=O)Nc3ccccc32)N1c1ccc(Oc2ccc(Cl)cc2)cc1. The zero-order valence-corrected chi connectivity index (χ0v) is 16.7. The van der Waals surface area contributed by atoms with Crippen LogP contribution in [-0.4, -0.2) is 17.6 Å². The zero-order valence-electron chi connectivity index (χ0n) is 15.1. The molecule has 144 valence electrons. The molecule has 2 aliphatic heterocycles. The number of benzene rings is 3. The van der Waals surface area contributed by atoms with Crippen molar-refractivity contribution in [2.75, 3.05) is 16.0 Å².